The first kappa shape index (κ1) is 15.4. The van der Waals surface area contributed by atoms with Crippen LogP contribution < -0.4 is 10.6 Å². The van der Waals surface area contributed by atoms with E-state index in [0.717, 1.165) is 36.2 Å². The molecule has 0 saturated carbocycles. The van der Waals surface area contributed by atoms with Gasteiger partial charge in [-0.05, 0) is 25.5 Å². The van der Waals surface area contributed by atoms with E-state index in [-0.39, 0.29) is 12.0 Å². The SMILES string of the molecule is CCCNc1cc(NC(C)c2ccco2)nc(C(C)C)n1. The van der Waals surface area contributed by atoms with Crippen molar-refractivity contribution in [2.75, 3.05) is 17.2 Å². The lowest BCUT2D eigenvalue weighted by molar-refractivity contribution is 0.490. The molecule has 2 N–H and O–H groups in total. The highest BCUT2D eigenvalue weighted by atomic mass is 16.3. The molecular weight excluding hydrogens is 264 g/mol. The van der Waals surface area contributed by atoms with Crippen molar-refractivity contribution in [1.82, 2.24) is 9.97 Å². The maximum atomic E-state index is 5.42. The van der Waals surface area contributed by atoms with E-state index in [9.17, 15) is 0 Å². The second-order valence-electron chi connectivity index (χ2n) is 5.46. The number of furan rings is 1. The molecule has 0 aliphatic rings. The Morgan fingerprint density at radius 1 is 1.19 bits per heavy atom. The standard InChI is InChI=1S/C16H24N4O/c1-5-8-17-14-10-15(20-16(19-14)11(2)3)18-12(4)13-7-6-9-21-13/h6-7,9-12H,5,8H2,1-4H3,(H2,17,18,19,20). The maximum Gasteiger partial charge on any atom is 0.135 e. The summed E-state index contributed by atoms with van der Waals surface area (Å²) in [6.45, 7) is 9.28. The Kier molecular flexibility index (Phi) is 5.20. The molecule has 2 rings (SSSR count). The van der Waals surface area contributed by atoms with E-state index in [1.807, 2.05) is 18.2 Å². The van der Waals surface area contributed by atoms with Gasteiger partial charge in [-0.2, -0.15) is 0 Å². The summed E-state index contributed by atoms with van der Waals surface area (Å²) in [5, 5.41) is 6.69. The van der Waals surface area contributed by atoms with E-state index >= 15 is 0 Å². The first-order chi connectivity index (χ1) is 10.1. The van der Waals surface area contributed by atoms with Crippen molar-refractivity contribution < 1.29 is 4.42 Å². The molecule has 114 valence electrons. The Balaban J connectivity index is 2.18. The third kappa shape index (κ3) is 4.21. The summed E-state index contributed by atoms with van der Waals surface area (Å²) in [6, 6.07) is 5.86. The van der Waals surface area contributed by atoms with Gasteiger partial charge in [-0.15, -0.1) is 0 Å². The third-order valence-corrected chi connectivity index (χ3v) is 3.15. The minimum Gasteiger partial charge on any atom is -0.467 e. The van der Waals surface area contributed by atoms with Crippen LogP contribution in [0.1, 0.15) is 57.7 Å². The predicted octanol–water partition coefficient (Wildman–Crippen LogP) is 4.19. The van der Waals surface area contributed by atoms with Crippen molar-refractivity contribution in [3.63, 3.8) is 0 Å². The summed E-state index contributed by atoms with van der Waals surface area (Å²) in [5.74, 6) is 3.70. The van der Waals surface area contributed by atoms with Gasteiger partial charge in [0.15, 0.2) is 0 Å². The van der Waals surface area contributed by atoms with Gasteiger partial charge in [0.25, 0.3) is 0 Å². The van der Waals surface area contributed by atoms with Gasteiger partial charge >= 0.3 is 0 Å². The molecular formula is C16H24N4O. The van der Waals surface area contributed by atoms with Gasteiger partial charge in [0.05, 0.1) is 12.3 Å². The van der Waals surface area contributed by atoms with Crippen LogP contribution in [0.3, 0.4) is 0 Å². The molecule has 0 amide bonds. The molecule has 0 saturated heterocycles. The number of hydrogen-bond donors (Lipinski definition) is 2. The van der Waals surface area contributed by atoms with Gasteiger partial charge < -0.3 is 15.1 Å². The smallest absolute Gasteiger partial charge is 0.135 e. The summed E-state index contributed by atoms with van der Waals surface area (Å²) in [6.07, 6.45) is 2.74. The van der Waals surface area contributed by atoms with Crippen LogP contribution in [-0.2, 0) is 0 Å². The van der Waals surface area contributed by atoms with E-state index < -0.39 is 0 Å². The third-order valence-electron chi connectivity index (χ3n) is 3.15. The molecule has 5 heteroatoms. The Morgan fingerprint density at radius 3 is 2.57 bits per heavy atom. The van der Waals surface area contributed by atoms with E-state index in [1.54, 1.807) is 6.26 Å². The fraction of sp³-hybridized carbons (Fsp3) is 0.500. The second kappa shape index (κ2) is 7.11. The minimum atomic E-state index is 0.0638. The summed E-state index contributed by atoms with van der Waals surface area (Å²) >= 11 is 0. The molecule has 0 bridgehead atoms. The van der Waals surface area contributed by atoms with E-state index in [4.69, 9.17) is 4.42 Å². The number of aromatic nitrogens is 2. The van der Waals surface area contributed by atoms with Crippen molar-refractivity contribution >= 4 is 11.6 Å². The summed E-state index contributed by atoms with van der Waals surface area (Å²) in [5.41, 5.74) is 0. The highest BCUT2D eigenvalue weighted by molar-refractivity contribution is 5.48. The monoisotopic (exact) mass is 288 g/mol. The summed E-state index contributed by atoms with van der Waals surface area (Å²) in [7, 11) is 0. The Labute approximate surface area is 126 Å². The topological polar surface area (TPSA) is 63.0 Å². The Morgan fingerprint density at radius 2 is 1.95 bits per heavy atom. The molecule has 1 atom stereocenters. The number of nitrogens with one attached hydrogen (secondary N) is 2. The van der Waals surface area contributed by atoms with Crippen LogP contribution >= 0.6 is 0 Å². The fourth-order valence-electron chi connectivity index (χ4n) is 1.97. The molecule has 0 aromatic carbocycles. The molecule has 0 aliphatic heterocycles. The lowest BCUT2D eigenvalue weighted by Gasteiger charge is -2.15. The molecule has 0 fully saturated rings. The zero-order valence-corrected chi connectivity index (χ0v) is 13.2. The fourth-order valence-corrected chi connectivity index (χ4v) is 1.97. The van der Waals surface area contributed by atoms with Crippen molar-refractivity contribution in [2.24, 2.45) is 0 Å². The van der Waals surface area contributed by atoms with Crippen LogP contribution in [0.2, 0.25) is 0 Å². The van der Waals surface area contributed by atoms with Crippen molar-refractivity contribution in [1.29, 1.82) is 0 Å². The van der Waals surface area contributed by atoms with Crippen molar-refractivity contribution in [3.8, 4) is 0 Å². The zero-order valence-electron chi connectivity index (χ0n) is 13.2. The first-order valence-corrected chi connectivity index (χ1v) is 7.53. The molecule has 5 nitrogen and oxygen atoms in total. The molecule has 21 heavy (non-hydrogen) atoms. The molecule has 0 spiro atoms. The molecule has 2 heterocycles. The normalized spacial score (nSPS) is 12.4. The molecule has 0 aliphatic carbocycles. The summed E-state index contributed by atoms with van der Waals surface area (Å²) in [4.78, 5) is 9.14. The van der Waals surface area contributed by atoms with Crippen molar-refractivity contribution in [2.45, 2.75) is 46.1 Å². The molecule has 1 unspecified atom stereocenters. The van der Waals surface area contributed by atoms with Crippen LogP contribution in [0.25, 0.3) is 0 Å². The average molecular weight is 288 g/mol. The second-order valence-corrected chi connectivity index (χ2v) is 5.46. The van der Waals surface area contributed by atoms with Gasteiger partial charge in [-0.3, -0.25) is 0 Å². The lowest BCUT2D eigenvalue weighted by atomic mass is 10.2. The van der Waals surface area contributed by atoms with E-state index in [1.165, 1.54) is 0 Å². The Hall–Kier alpha value is -2.04. The lowest BCUT2D eigenvalue weighted by Crippen LogP contribution is -2.12. The summed E-state index contributed by atoms with van der Waals surface area (Å²) < 4.78 is 5.42. The van der Waals surface area contributed by atoms with E-state index in [0.29, 0.717) is 0 Å². The van der Waals surface area contributed by atoms with Crippen LogP contribution in [0.15, 0.2) is 28.9 Å². The van der Waals surface area contributed by atoms with Crippen LogP contribution in [0.4, 0.5) is 11.6 Å². The number of hydrogen-bond acceptors (Lipinski definition) is 5. The maximum absolute atomic E-state index is 5.42. The van der Waals surface area contributed by atoms with Gasteiger partial charge in [0.1, 0.15) is 23.2 Å². The van der Waals surface area contributed by atoms with Crippen LogP contribution in [0.5, 0.6) is 0 Å². The largest absolute Gasteiger partial charge is 0.467 e. The average Bonchev–Trinajstić information content (AvgIpc) is 2.99. The van der Waals surface area contributed by atoms with Crippen LogP contribution in [-0.4, -0.2) is 16.5 Å². The molecule has 2 aromatic rings. The van der Waals surface area contributed by atoms with Crippen molar-refractivity contribution in [3.05, 3.63) is 36.0 Å². The van der Waals surface area contributed by atoms with Gasteiger partial charge in [-0.25, -0.2) is 9.97 Å². The Bertz CT molecular complexity index is 551. The van der Waals surface area contributed by atoms with Gasteiger partial charge in [0, 0.05) is 18.5 Å². The molecule has 2 aromatic heterocycles. The van der Waals surface area contributed by atoms with Gasteiger partial charge in [-0.1, -0.05) is 20.8 Å². The quantitative estimate of drug-likeness (QED) is 0.800. The molecule has 0 radical (unpaired) electrons. The highest BCUT2D eigenvalue weighted by Gasteiger charge is 2.12. The highest BCUT2D eigenvalue weighted by Crippen LogP contribution is 2.22. The van der Waals surface area contributed by atoms with E-state index in [2.05, 4.69) is 48.3 Å². The predicted molar refractivity (Wildman–Crippen MR) is 85.6 cm³/mol. The van der Waals surface area contributed by atoms with Gasteiger partial charge in [0.2, 0.25) is 0 Å². The minimum absolute atomic E-state index is 0.0638. The number of nitrogens with zero attached hydrogens (tertiary/aromatic N) is 2. The van der Waals surface area contributed by atoms with Crippen LogP contribution in [0, 0.1) is 0 Å². The number of anilines is 2. The first-order valence-electron chi connectivity index (χ1n) is 7.53. The number of rotatable bonds is 7. The zero-order chi connectivity index (χ0) is 15.2.